The number of ether oxygens (including phenoxy) is 1. The van der Waals surface area contributed by atoms with Gasteiger partial charge in [-0.25, -0.2) is 4.79 Å². The molecular weight excluding hydrogens is 216 g/mol. The number of carbonyl (C=O) groups excluding carboxylic acids is 1. The monoisotopic (exact) mass is 242 g/mol. The number of carbonyl (C=O) groups is 1. The van der Waals surface area contributed by atoms with Crippen molar-refractivity contribution in [3.8, 4) is 0 Å². The molecule has 1 heterocycles. The zero-order valence-corrected chi connectivity index (χ0v) is 11.4. The Morgan fingerprint density at radius 2 is 2.12 bits per heavy atom. The molecule has 1 N–H and O–H groups in total. The van der Waals surface area contributed by atoms with Crippen LogP contribution >= 0.6 is 0 Å². The highest BCUT2D eigenvalue weighted by molar-refractivity contribution is 5.74. The largest absolute Gasteiger partial charge is 0.379 e. The first kappa shape index (κ1) is 14.3. The molecule has 0 aliphatic carbocycles. The molecule has 17 heavy (non-hydrogen) atoms. The van der Waals surface area contributed by atoms with Crippen molar-refractivity contribution >= 4 is 6.03 Å². The number of rotatable bonds is 6. The van der Waals surface area contributed by atoms with E-state index in [-0.39, 0.29) is 12.1 Å². The lowest BCUT2D eigenvalue weighted by atomic mass is 10.0. The number of hydrogen-bond donors (Lipinski definition) is 1. The van der Waals surface area contributed by atoms with Gasteiger partial charge in [-0.1, -0.05) is 26.7 Å². The Morgan fingerprint density at radius 1 is 1.41 bits per heavy atom. The van der Waals surface area contributed by atoms with Gasteiger partial charge >= 0.3 is 6.03 Å². The molecule has 0 radical (unpaired) electrons. The second-order valence-corrected chi connectivity index (χ2v) is 4.73. The average molecular weight is 242 g/mol. The molecule has 0 aromatic rings. The minimum atomic E-state index is 0.0647. The summed E-state index contributed by atoms with van der Waals surface area (Å²) in [5.41, 5.74) is 0. The smallest absolute Gasteiger partial charge is 0.317 e. The molecule has 2 amide bonds. The molecule has 1 aliphatic heterocycles. The van der Waals surface area contributed by atoms with E-state index in [2.05, 4.69) is 19.2 Å². The van der Waals surface area contributed by atoms with Gasteiger partial charge in [0, 0.05) is 19.7 Å². The lowest BCUT2D eigenvalue weighted by Crippen LogP contribution is -2.46. The molecule has 100 valence electrons. The Hall–Kier alpha value is -0.770. The molecule has 1 fully saturated rings. The van der Waals surface area contributed by atoms with Crippen LogP contribution in [-0.4, -0.2) is 43.3 Å². The van der Waals surface area contributed by atoms with Crippen molar-refractivity contribution in [1.82, 2.24) is 10.2 Å². The summed E-state index contributed by atoms with van der Waals surface area (Å²) in [4.78, 5) is 14.0. The van der Waals surface area contributed by atoms with Crippen molar-refractivity contribution in [2.24, 2.45) is 5.92 Å². The molecule has 0 saturated carbocycles. The normalized spacial score (nSPS) is 19.6. The van der Waals surface area contributed by atoms with Crippen LogP contribution in [0.15, 0.2) is 0 Å². The second-order valence-electron chi connectivity index (χ2n) is 4.73. The maximum atomic E-state index is 12.1. The lowest BCUT2D eigenvalue weighted by molar-refractivity contribution is 0.173. The molecule has 1 rings (SSSR count). The summed E-state index contributed by atoms with van der Waals surface area (Å²) < 4.78 is 5.26. The van der Waals surface area contributed by atoms with Gasteiger partial charge < -0.3 is 15.0 Å². The second kappa shape index (κ2) is 7.54. The third kappa shape index (κ3) is 4.54. The third-order valence-electron chi connectivity index (χ3n) is 3.56. The van der Waals surface area contributed by atoms with E-state index in [1.54, 1.807) is 0 Å². The van der Waals surface area contributed by atoms with Crippen LogP contribution in [0.4, 0.5) is 4.79 Å². The van der Waals surface area contributed by atoms with Gasteiger partial charge in [0.1, 0.15) is 0 Å². The van der Waals surface area contributed by atoms with E-state index < -0.39 is 0 Å². The molecule has 4 nitrogen and oxygen atoms in total. The minimum absolute atomic E-state index is 0.0647. The Labute approximate surface area is 105 Å². The average Bonchev–Trinajstić information content (AvgIpc) is 2.83. The van der Waals surface area contributed by atoms with Gasteiger partial charge in [0.2, 0.25) is 0 Å². The molecule has 1 aliphatic rings. The SMILES string of the molecule is CCC(CC)CN(CC)C(=O)NC1CCOC1. The van der Waals surface area contributed by atoms with Gasteiger partial charge in [0.05, 0.1) is 12.6 Å². The van der Waals surface area contributed by atoms with E-state index >= 15 is 0 Å². The minimum Gasteiger partial charge on any atom is -0.379 e. The van der Waals surface area contributed by atoms with Gasteiger partial charge in [-0.05, 0) is 19.3 Å². The van der Waals surface area contributed by atoms with Crippen LogP contribution in [0.1, 0.15) is 40.0 Å². The van der Waals surface area contributed by atoms with Gasteiger partial charge in [-0.3, -0.25) is 0 Å². The summed E-state index contributed by atoms with van der Waals surface area (Å²) in [7, 11) is 0. The summed E-state index contributed by atoms with van der Waals surface area (Å²) in [6.45, 7) is 9.47. The molecule has 1 atom stereocenters. The van der Waals surface area contributed by atoms with E-state index in [0.29, 0.717) is 12.5 Å². The lowest BCUT2D eigenvalue weighted by Gasteiger charge is -2.27. The molecule has 0 spiro atoms. The molecule has 0 aromatic heterocycles. The van der Waals surface area contributed by atoms with Gasteiger partial charge in [0.15, 0.2) is 0 Å². The van der Waals surface area contributed by atoms with Crippen molar-refractivity contribution < 1.29 is 9.53 Å². The van der Waals surface area contributed by atoms with Crippen LogP contribution in [0, 0.1) is 5.92 Å². The quantitative estimate of drug-likeness (QED) is 0.776. The Bertz CT molecular complexity index is 223. The van der Waals surface area contributed by atoms with E-state index in [4.69, 9.17) is 4.74 Å². The molecule has 1 saturated heterocycles. The Balaban J connectivity index is 2.39. The van der Waals surface area contributed by atoms with Crippen molar-refractivity contribution in [1.29, 1.82) is 0 Å². The molecule has 0 aromatic carbocycles. The summed E-state index contributed by atoms with van der Waals surface area (Å²) in [6, 6.07) is 0.271. The highest BCUT2D eigenvalue weighted by atomic mass is 16.5. The van der Waals surface area contributed by atoms with Crippen LogP contribution < -0.4 is 5.32 Å². The Kier molecular flexibility index (Phi) is 6.34. The van der Waals surface area contributed by atoms with Crippen molar-refractivity contribution in [3.05, 3.63) is 0 Å². The van der Waals surface area contributed by atoms with Gasteiger partial charge in [0.25, 0.3) is 0 Å². The number of hydrogen-bond acceptors (Lipinski definition) is 2. The summed E-state index contributed by atoms with van der Waals surface area (Å²) in [5, 5.41) is 3.05. The predicted octanol–water partition coefficient (Wildman–Crippen LogP) is 2.24. The maximum absolute atomic E-state index is 12.1. The highest BCUT2D eigenvalue weighted by Crippen LogP contribution is 2.11. The molecule has 0 bridgehead atoms. The first-order valence-electron chi connectivity index (χ1n) is 6.84. The van der Waals surface area contributed by atoms with Crippen LogP contribution in [0.25, 0.3) is 0 Å². The van der Waals surface area contributed by atoms with Crippen LogP contribution in [0.5, 0.6) is 0 Å². The van der Waals surface area contributed by atoms with Gasteiger partial charge in [-0.2, -0.15) is 0 Å². The number of amides is 2. The molecule has 1 unspecified atom stereocenters. The predicted molar refractivity (Wildman–Crippen MR) is 69.1 cm³/mol. The summed E-state index contributed by atoms with van der Waals surface area (Å²) in [5.74, 6) is 0.612. The first-order chi connectivity index (χ1) is 8.21. The Morgan fingerprint density at radius 3 is 2.59 bits per heavy atom. The zero-order valence-electron chi connectivity index (χ0n) is 11.4. The van der Waals surface area contributed by atoms with Crippen molar-refractivity contribution in [2.75, 3.05) is 26.3 Å². The van der Waals surface area contributed by atoms with E-state index in [1.807, 2.05) is 11.8 Å². The topological polar surface area (TPSA) is 41.6 Å². The third-order valence-corrected chi connectivity index (χ3v) is 3.56. The first-order valence-corrected chi connectivity index (χ1v) is 6.84. The molecule has 4 heteroatoms. The molecular formula is C13H26N2O2. The maximum Gasteiger partial charge on any atom is 0.317 e. The zero-order chi connectivity index (χ0) is 12.7. The fourth-order valence-electron chi connectivity index (χ4n) is 2.13. The van der Waals surface area contributed by atoms with Crippen LogP contribution in [-0.2, 0) is 4.74 Å². The van der Waals surface area contributed by atoms with Gasteiger partial charge in [-0.15, -0.1) is 0 Å². The fourth-order valence-corrected chi connectivity index (χ4v) is 2.13. The highest BCUT2D eigenvalue weighted by Gasteiger charge is 2.21. The van der Waals surface area contributed by atoms with E-state index in [0.717, 1.165) is 39.0 Å². The van der Waals surface area contributed by atoms with Crippen molar-refractivity contribution in [2.45, 2.75) is 46.1 Å². The summed E-state index contributed by atoms with van der Waals surface area (Å²) >= 11 is 0. The number of nitrogens with one attached hydrogen (secondary N) is 1. The standard InChI is InChI=1S/C13H26N2O2/c1-4-11(5-2)9-15(6-3)13(16)14-12-7-8-17-10-12/h11-12H,4-10H2,1-3H3,(H,14,16). The number of nitrogens with zero attached hydrogens (tertiary/aromatic N) is 1. The van der Waals surface area contributed by atoms with Crippen LogP contribution in [0.3, 0.4) is 0 Å². The number of urea groups is 1. The fraction of sp³-hybridized carbons (Fsp3) is 0.923. The van der Waals surface area contributed by atoms with E-state index in [1.165, 1.54) is 0 Å². The summed E-state index contributed by atoms with van der Waals surface area (Å²) in [6.07, 6.45) is 3.20. The van der Waals surface area contributed by atoms with Crippen LogP contribution in [0.2, 0.25) is 0 Å². The van der Waals surface area contributed by atoms with Crippen molar-refractivity contribution in [3.63, 3.8) is 0 Å². The van der Waals surface area contributed by atoms with E-state index in [9.17, 15) is 4.79 Å².